The van der Waals surface area contributed by atoms with Crippen molar-refractivity contribution in [2.45, 2.75) is 32.8 Å². The Morgan fingerprint density at radius 3 is 2.25 bits per heavy atom. The number of urea groups is 1. The number of barbiturate groups is 1. The predicted octanol–water partition coefficient (Wildman–Crippen LogP) is 5.10. The van der Waals surface area contributed by atoms with Gasteiger partial charge in [-0.3, -0.25) is 14.9 Å². The van der Waals surface area contributed by atoms with E-state index in [4.69, 9.17) is 4.74 Å². The van der Waals surface area contributed by atoms with E-state index in [9.17, 15) is 19.6 Å². The van der Waals surface area contributed by atoms with E-state index < -0.39 is 17.8 Å². The Balaban J connectivity index is 1.52. The lowest BCUT2D eigenvalue weighted by Gasteiger charge is -2.27. The molecule has 0 aliphatic carbocycles. The van der Waals surface area contributed by atoms with Gasteiger partial charge in [0.15, 0.2) is 0 Å². The molecule has 7 heteroatoms. The molecule has 0 bridgehead atoms. The second-order valence-corrected chi connectivity index (χ2v) is 9.38. The highest BCUT2D eigenvalue weighted by Gasteiger charge is 2.36. The molecule has 1 saturated heterocycles. The van der Waals surface area contributed by atoms with Crippen LogP contribution in [0, 0.1) is 11.3 Å². The van der Waals surface area contributed by atoms with Crippen LogP contribution in [0.4, 0.5) is 10.5 Å². The molecule has 1 aliphatic heterocycles. The number of benzene rings is 3. The molecule has 1 heterocycles. The van der Waals surface area contributed by atoms with Crippen molar-refractivity contribution in [1.82, 2.24) is 5.32 Å². The maximum absolute atomic E-state index is 13.1. The number of nitrogens with one attached hydrogen (secondary N) is 1. The third kappa shape index (κ3) is 5.18. The highest BCUT2D eigenvalue weighted by molar-refractivity contribution is 6.39. The summed E-state index contributed by atoms with van der Waals surface area (Å²) in [5.74, 6) is -0.873. The maximum Gasteiger partial charge on any atom is 0.335 e. The molecule has 3 aromatic rings. The van der Waals surface area contributed by atoms with Crippen LogP contribution in [0.5, 0.6) is 5.75 Å². The minimum Gasteiger partial charge on any atom is -0.489 e. The van der Waals surface area contributed by atoms with Gasteiger partial charge in [-0.05, 0) is 52.9 Å². The number of hydrogen-bond acceptors (Lipinski definition) is 5. The number of hydrogen-bond donors (Lipinski definition) is 1. The zero-order valence-corrected chi connectivity index (χ0v) is 20.2. The van der Waals surface area contributed by atoms with Crippen LogP contribution >= 0.6 is 0 Å². The molecule has 4 amide bonds. The SMILES string of the molecule is CC(C)(C)c1ccc(N2C(=O)NC(=O)C(=Cc3ccc(OCc4ccccc4C#N)cc3)C2=O)cc1. The monoisotopic (exact) mass is 479 g/mol. The summed E-state index contributed by atoms with van der Waals surface area (Å²) in [6.45, 7) is 6.45. The van der Waals surface area contributed by atoms with Gasteiger partial charge in [-0.25, -0.2) is 9.69 Å². The highest BCUT2D eigenvalue weighted by atomic mass is 16.5. The lowest BCUT2D eigenvalue weighted by molar-refractivity contribution is -0.122. The molecule has 1 N–H and O–H groups in total. The zero-order chi connectivity index (χ0) is 25.9. The number of amides is 4. The lowest BCUT2D eigenvalue weighted by Crippen LogP contribution is -2.54. The van der Waals surface area contributed by atoms with Gasteiger partial charge >= 0.3 is 6.03 Å². The fraction of sp³-hybridized carbons (Fsp3) is 0.172. The molecule has 0 spiro atoms. The average molecular weight is 480 g/mol. The standard InChI is InChI=1S/C29H25N3O4/c1-29(2,3)22-10-12-23(13-11-22)32-27(34)25(26(33)31-28(32)35)16-19-8-14-24(15-9-19)36-18-21-7-5-4-6-20(21)17-30/h4-16H,18H2,1-3H3,(H,31,33,35). The number of nitrogens with zero attached hydrogens (tertiary/aromatic N) is 2. The number of anilines is 1. The summed E-state index contributed by atoms with van der Waals surface area (Å²) in [5.41, 5.74) is 3.13. The van der Waals surface area contributed by atoms with Gasteiger partial charge in [0.05, 0.1) is 17.3 Å². The summed E-state index contributed by atoms with van der Waals surface area (Å²) in [5, 5.41) is 11.4. The van der Waals surface area contributed by atoms with Crippen LogP contribution in [0.15, 0.2) is 78.4 Å². The largest absolute Gasteiger partial charge is 0.489 e. The van der Waals surface area contributed by atoms with E-state index in [2.05, 4.69) is 32.2 Å². The number of carbonyl (C=O) groups excluding carboxylic acids is 3. The number of imide groups is 2. The van der Waals surface area contributed by atoms with E-state index in [1.165, 1.54) is 6.08 Å². The second kappa shape index (κ2) is 9.88. The molecule has 4 rings (SSSR count). The van der Waals surface area contributed by atoms with Gasteiger partial charge in [0.25, 0.3) is 11.8 Å². The number of nitriles is 1. The maximum atomic E-state index is 13.1. The summed E-state index contributed by atoms with van der Waals surface area (Å²) in [6.07, 6.45) is 1.44. The average Bonchev–Trinajstić information content (AvgIpc) is 2.86. The minimum atomic E-state index is -0.785. The van der Waals surface area contributed by atoms with E-state index in [0.29, 0.717) is 22.6 Å². The van der Waals surface area contributed by atoms with Gasteiger partial charge in [-0.15, -0.1) is 0 Å². The Labute approximate surface area is 209 Å². The summed E-state index contributed by atoms with van der Waals surface area (Å²) in [6, 6.07) is 22.5. The van der Waals surface area contributed by atoms with E-state index in [1.54, 1.807) is 48.5 Å². The van der Waals surface area contributed by atoms with E-state index in [1.807, 2.05) is 24.3 Å². The smallest absolute Gasteiger partial charge is 0.335 e. The lowest BCUT2D eigenvalue weighted by atomic mass is 9.87. The first kappa shape index (κ1) is 24.4. The number of rotatable bonds is 5. The highest BCUT2D eigenvalue weighted by Crippen LogP contribution is 2.27. The van der Waals surface area contributed by atoms with Gasteiger partial charge in [0.2, 0.25) is 0 Å². The first-order valence-electron chi connectivity index (χ1n) is 11.4. The van der Waals surface area contributed by atoms with Crippen molar-refractivity contribution >= 4 is 29.6 Å². The van der Waals surface area contributed by atoms with Crippen molar-refractivity contribution in [3.05, 3.63) is 101 Å². The molecule has 36 heavy (non-hydrogen) atoms. The molecule has 0 atom stereocenters. The molecule has 1 aliphatic rings. The first-order valence-corrected chi connectivity index (χ1v) is 11.4. The van der Waals surface area contributed by atoms with E-state index in [0.717, 1.165) is 16.0 Å². The molecule has 1 fully saturated rings. The topological polar surface area (TPSA) is 99.5 Å². The molecule has 0 radical (unpaired) electrons. The number of carbonyl (C=O) groups is 3. The Morgan fingerprint density at radius 1 is 0.944 bits per heavy atom. The van der Waals surface area contributed by atoms with Crippen LogP contribution in [0.25, 0.3) is 6.08 Å². The summed E-state index contributed by atoms with van der Waals surface area (Å²) in [7, 11) is 0. The Hall–Kier alpha value is -4.70. The van der Waals surface area contributed by atoms with Crippen molar-refractivity contribution in [2.24, 2.45) is 0 Å². The van der Waals surface area contributed by atoms with Crippen molar-refractivity contribution < 1.29 is 19.1 Å². The van der Waals surface area contributed by atoms with Gasteiger partial charge in [-0.1, -0.05) is 63.2 Å². The summed E-state index contributed by atoms with van der Waals surface area (Å²) >= 11 is 0. The van der Waals surface area contributed by atoms with Crippen molar-refractivity contribution in [2.75, 3.05) is 4.90 Å². The Morgan fingerprint density at radius 2 is 1.61 bits per heavy atom. The van der Waals surface area contributed by atoms with Crippen LogP contribution in [0.1, 0.15) is 43.0 Å². The first-order chi connectivity index (χ1) is 17.2. The fourth-order valence-electron chi connectivity index (χ4n) is 3.75. The molecule has 0 unspecified atom stereocenters. The molecular weight excluding hydrogens is 454 g/mol. The molecule has 3 aromatic carbocycles. The molecule has 7 nitrogen and oxygen atoms in total. The minimum absolute atomic E-state index is 0.0806. The third-order valence-corrected chi connectivity index (χ3v) is 5.82. The van der Waals surface area contributed by atoms with Crippen LogP contribution in [0.3, 0.4) is 0 Å². The summed E-state index contributed by atoms with van der Waals surface area (Å²) in [4.78, 5) is 39.1. The van der Waals surface area contributed by atoms with Gasteiger partial charge in [-0.2, -0.15) is 5.26 Å². The molecule has 180 valence electrons. The van der Waals surface area contributed by atoms with E-state index in [-0.39, 0.29) is 17.6 Å². The van der Waals surface area contributed by atoms with Crippen LogP contribution in [-0.4, -0.2) is 17.8 Å². The normalized spacial score (nSPS) is 15.0. The zero-order valence-electron chi connectivity index (χ0n) is 20.2. The van der Waals surface area contributed by atoms with Gasteiger partial charge in [0.1, 0.15) is 17.9 Å². The van der Waals surface area contributed by atoms with Crippen molar-refractivity contribution in [3.8, 4) is 11.8 Å². The summed E-state index contributed by atoms with van der Waals surface area (Å²) < 4.78 is 5.77. The quantitative estimate of drug-likeness (QED) is 0.405. The van der Waals surface area contributed by atoms with Crippen LogP contribution < -0.4 is 15.0 Å². The molecule has 0 saturated carbocycles. The van der Waals surface area contributed by atoms with Crippen molar-refractivity contribution in [1.29, 1.82) is 5.26 Å². The fourth-order valence-corrected chi connectivity index (χ4v) is 3.75. The van der Waals surface area contributed by atoms with E-state index >= 15 is 0 Å². The third-order valence-electron chi connectivity index (χ3n) is 5.82. The predicted molar refractivity (Wildman–Crippen MR) is 136 cm³/mol. The Bertz CT molecular complexity index is 1390. The van der Waals surface area contributed by atoms with Gasteiger partial charge < -0.3 is 4.74 Å². The molecule has 0 aromatic heterocycles. The second-order valence-electron chi connectivity index (χ2n) is 9.38. The molecular formula is C29H25N3O4. The van der Waals surface area contributed by atoms with Crippen LogP contribution in [-0.2, 0) is 21.6 Å². The van der Waals surface area contributed by atoms with Gasteiger partial charge in [0, 0.05) is 5.56 Å². The van der Waals surface area contributed by atoms with Crippen molar-refractivity contribution in [3.63, 3.8) is 0 Å². The Kier molecular flexibility index (Phi) is 6.71. The van der Waals surface area contributed by atoms with Crippen LogP contribution in [0.2, 0.25) is 0 Å². The number of ether oxygens (including phenoxy) is 1.